The second-order valence-corrected chi connectivity index (χ2v) is 4.53. The van der Waals surface area contributed by atoms with Gasteiger partial charge in [0.05, 0.1) is 6.54 Å². The number of aliphatic carboxylic acids is 1. The van der Waals surface area contributed by atoms with Gasteiger partial charge in [0.1, 0.15) is 0 Å². The molecule has 1 aliphatic heterocycles. The summed E-state index contributed by atoms with van der Waals surface area (Å²) in [6.45, 7) is 8.73. The molecule has 0 aromatic rings. The highest BCUT2D eigenvalue weighted by Crippen LogP contribution is 2.16. The molecule has 1 N–H and O–H groups in total. The number of likely N-dealkylation sites (tertiary alicyclic amines) is 1. The minimum atomic E-state index is -0.702. The molecule has 4 heteroatoms. The van der Waals surface area contributed by atoms with Gasteiger partial charge < -0.3 is 10.0 Å². The van der Waals surface area contributed by atoms with Crippen LogP contribution in [0.2, 0.25) is 0 Å². The number of carboxylic acids is 1. The van der Waals surface area contributed by atoms with Crippen LogP contribution >= 0.6 is 0 Å². The van der Waals surface area contributed by atoms with E-state index in [-0.39, 0.29) is 6.54 Å². The summed E-state index contributed by atoms with van der Waals surface area (Å²) < 4.78 is 0. The maximum Gasteiger partial charge on any atom is 0.317 e. The molecule has 0 unspecified atom stereocenters. The normalized spacial score (nSPS) is 19.2. The molecule has 1 rings (SSSR count). The van der Waals surface area contributed by atoms with Crippen molar-refractivity contribution < 1.29 is 9.90 Å². The second kappa shape index (κ2) is 6.86. The summed E-state index contributed by atoms with van der Waals surface area (Å²) in [5.74, 6) is -0.702. The maximum absolute atomic E-state index is 10.8. The van der Waals surface area contributed by atoms with E-state index in [0.29, 0.717) is 6.04 Å². The van der Waals surface area contributed by atoms with E-state index < -0.39 is 5.97 Å². The smallest absolute Gasteiger partial charge is 0.317 e. The second-order valence-electron chi connectivity index (χ2n) is 4.53. The Labute approximate surface area is 98.2 Å². The Kier molecular flexibility index (Phi) is 5.77. The number of hydrogen-bond acceptors (Lipinski definition) is 3. The molecule has 94 valence electrons. The maximum atomic E-state index is 10.8. The lowest BCUT2D eigenvalue weighted by Gasteiger charge is -2.37. The Balaban J connectivity index is 2.42. The predicted octanol–water partition coefficient (Wildman–Crippen LogP) is 1.27. The summed E-state index contributed by atoms with van der Waals surface area (Å²) in [7, 11) is 0. The Bertz CT molecular complexity index is 213. The molecule has 0 radical (unpaired) electrons. The molecule has 1 aliphatic rings. The van der Waals surface area contributed by atoms with Crippen LogP contribution in [0.4, 0.5) is 0 Å². The molecule has 1 saturated heterocycles. The highest BCUT2D eigenvalue weighted by molar-refractivity contribution is 5.69. The van der Waals surface area contributed by atoms with Gasteiger partial charge in [-0.3, -0.25) is 9.69 Å². The van der Waals surface area contributed by atoms with Gasteiger partial charge in [0, 0.05) is 6.04 Å². The van der Waals surface area contributed by atoms with Crippen molar-refractivity contribution in [2.45, 2.75) is 39.2 Å². The molecule has 0 aromatic carbocycles. The van der Waals surface area contributed by atoms with Crippen LogP contribution < -0.4 is 0 Å². The molecule has 0 aliphatic carbocycles. The molecule has 0 saturated carbocycles. The first-order chi connectivity index (χ1) is 7.67. The molecule has 16 heavy (non-hydrogen) atoms. The van der Waals surface area contributed by atoms with Crippen LogP contribution in [0.5, 0.6) is 0 Å². The Morgan fingerprint density at radius 2 is 2.00 bits per heavy atom. The summed E-state index contributed by atoms with van der Waals surface area (Å²) in [6.07, 6.45) is 3.25. The number of carboxylic acid groups (broad SMARTS) is 1. The first kappa shape index (κ1) is 13.5. The van der Waals surface area contributed by atoms with E-state index in [9.17, 15) is 4.79 Å². The van der Waals surface area contributed by atoms with Gasteiger partial charge in [0.15, 0.2) is 0 Å². The highest BCUT2D eigenvalue weighted by atomic mass is 16.4. The summed E-state index contributed by atoms with van der Waals surface area (Å²) in [5.41, 5.74) is 0. The van der Waals surface area contributed by atoms with Crippen molar-refractivity contribution in [2.75, 3.05) is 32.7 Å². The van der Waals surface area contributed by atoms with Crippen LogP contribution in [-0.4, -0.2) is 59.6 Å². The Morgan fingerprint density at radius 3 is 2.44 bits per heavy atom. The SMILES string of the molecule is CCCN(CC(=O)O)C1CCN(CC)CC1. The van der Waals surface area contributed by atoms with Crippen molar-refractivity contribution in [3.8, 4) is 0 Å². The summed E-state index contributed by atoms with van der Waals surface area (Å²) in [6, 6.07) is 0.471. The standard InChI is InChI=1S/C12H24N2O2/c1-3-7-14(10-12(15)16)11-5-8-13(4-2)9-6-11/h11H,3-10H2,1-2H3,(H,15,16). The summed E-state index contributed by atoms with van der Waals surface area (Å²) >= 11 is 0. The highest BCUT2D eigenvalue weighted by Gasteiger charge is 2.24. The van der Waals surface area contributed by atoms with Gasteiger partial charge in [0.2, 0.25) is 0 Å². The minimum Gasteiger partial charge on any atom is -0.480 e. The van der Waals surface area contributed by atoms with Crippen molar-refractivity contribution in [2.24, 2.45) is 0 Å². The fourth-order valence-electron chi connectivity index (χ4n) is 2.45. The van der Waals surface area contributed by atoms with Gasteiger partial charge in [-0.25, -0.2) is 0 Å². The molecule has 0 amide bonds. The number of carbonyl (C=O) groups is 1. The molecule has 1 fully saturated rings. The van der Waals surface area contributed by atoms with Crippen LogP contribution in [-0.2, 0) is 4.79 Å². The molecule has 0 atom stereocenters. The zero-order valence-electron chi connectivity index (χ0n) is 10.5. The van der Waals surface area contributed by atoms with Crippen LogP contribution in [0.3, 0.4) is 0 Å². The van der Waals surface area contributed by atoms with E-state index in [1.807, 2.05) is 0 Å². The van der Waals surface area contributed by atoms with E-state index in [1.165, 1.54) is 0 Å². The van der Waals surface area contributed by atoms with E-state index >= 15 is 0 Å². The van der Waals surface area contributed by atoms with E-state index in [2.05, 4.69) is 23.6 Å². The Hall–Kier alpha value is -0.610. The monoisotopic (exact) mass is 228 g/mol. The molecular weight excluding hydrogens is 204 g/mol. The number of rotatable bonds is 6. The lowest BCUT2D eigenvalue weighted by atomic mass is 10.0. The molecule has 1 heterocycles. The third kappa shape index (κ3) is 4.10. The van der Waals surface area contributed by atoms with Crippen LogP contribution in [0.1, 0.15) is 33.1 Å². The number of nitrogens with zero attached hydrogens (tertiary/aromatic N) is 2. The van der Waals surface area contributed by atoms with Crippen molar-refractivity contribution in [1.82, 2.24) is 9.80 Å². The molecule has 0 spiro atoms. The Morgan fingerprint density at radius 1 is 1.38 bits per heavy atom. The molecule has 0 bridgehead atoms. The van der Waals surface area contributed by atoms with Crippen molar-refractivity contribution >= 4 is 5.97 Å². The zero-order valence-corrected chi connectivity index (χ0v) is 10.5. The van der Waals surface area contributed by atoms with Crippen molar-refractivity contribution in [3.05, 3.63) is 0 Å². The lowest BCUT2D eigenvalue weighted by molar-refractivity contribution is -0.139. The topological polar surface area (TPSA) is 43.8 Å². The largest absolute Gasteiger partial charge is 0.480 e. The van der Waals surface area contributed by atoms with Gasteiger partial charge >= 0.3 is 5.97 Å². The van der Waals surface area contributed by atoms with Crippen LogP contribution in [0, 0.1) is 0 Å². The average Bonchev–Trinajstić information content (AvgIpc) is 2.28. The lowest BCUT2D eigenvalue weighted by Crippen LogP contribution is -2.46. The third-order valence-corrected chi connectivity index (χ3v) is 3.37. The zero-order chi connectivity index (χ0) is 12.0. The van der Waals surface area contributed by atoms with E-state index in [0.717, 1.165) is 45.4 Å². The van der Waals surface area contributed by atoms with E-state index in [4.69, 9.17) is 5.11 Å². The fraction of sp³-hybridized carbons (Fsp3) is 0.917. The average molecular weight is 228 g/mol. The van der Waals surface area contributed by atoms with Gasteiger partial charge in [-0.2, -0.15) is 0 Å². The quantitative estimate of drug-likeness (QED) is 0.743. The fourth-order valence-corrected chi connectivity index (χ4v) is 2.45. The van der Waals surface area contributed by atoms with Gasteiger partial charge in [0.25, 0.3) is 0 Å². The van der Waals surface area contributed by atoms with Crippen LogP contribution in [0.15, 0.2) is 0 Å². The number of piperidine rings is 1. The number of hydrogen-bond donors (Lipinski definition) is 1. The first-order valence-electron chi connectivity index (χ1n) is 6.35. The van der Waals surface area contributed by atoms with Gasteiger partial charge in [-0.1, -0.05) is 13.8 Å². The van der Waals surface area contributed by atoms with E-state index in [1.54, 1.807) is 0 Å². The summed E-state index contributed by atoms with van der Waals surface area (Å²) in [5, 5.41) is 8.89. The van der Waals surface area contributed by atoms with Crippen LogP contribution in [0.25, 0.3) is 0 Å². The van der Waals surface area contributed by atoms with Crippen molar-refractivity contribution in [3.63, 3.8) is 0 Å². The summed E-state index contributed by atoms with van der Waals surface area (Å²) in [4.78, 5) is 15.4. The first-order valence-corrected chi connectivity index (χ1v) is 6.35. The molecule has 0 aromatic heterocycles. The minimum absolute atomic E-state index is 0.199. The third-order valence-electron chi connectivity index (χ3n) is 3.37. The molecule has 4 nitrogen and oxygen atoms in total. The van der Waals surface area contributed by atoms with Gasteiger partial charge in [-0.15, -0.1) is 0 Å². The predicted molar refractivity (Wildman–Crippen MR) is 64.6 cm³/mol. The van der Waals surface area contributed by atoms with Gasteiger partial charge in [-0.05, 0) is 45.4 Å². The molecular formula is C12H24N2O2. The van der Waals surface area contributed by atoms with Crippen molar-refractivity contribution in [1.29, 1.82) is 0 Å².